The summed E-state index contributed by atoms with van der Waals surface area (Å²) >= 11 is 0. The molecule has 3 atom stereocenters. The molecule has 2 saturated carbocycles. The van der Waals surface area contributed by atoms with Gasteiger partial charge in [-0.25, -0.2) is 0 Å². The van der Waals surface area contributed by atoms with Gasteiger partial charge in [-0.3, -0.25) is 0 Å². The molecule has 1 heteroatoms. The molecule has 0 aromatic heterocycles. The van der Waals surface area contributed by atoms with E-state index in [0.29, 0.717) is 11.3 Å². The van der Waals surface area contributed by atoms with Crippen LogP contribution in [0.4, 0.5) is 0 Å². The highest BCUT2D eigenvalue weighted by Gasteiger charge is 2.61. The minimum atomic E-state index is 0.615. The summed E-state index contributed by atoms with van der Waals surface area (Å²) < 4.78 is 0. The monoisotopic (exact) mass is 175 g/mol. The zero-order chi connectivity index (χ0) is 9.64. The molecule has 70 valence electrons. The summed E-state index contributed by atoms with van der Waals surface area (Å²) in [6.45, 7) is 6.86. The quantitative estimate of drug-likeness (QED) is 0.562. The van der Waals surface area contributed by atoms with Crippen molar-refractivity contribution in [2.45, 2.75) is 33.6 Å². The van der Waals surface area contributed by atoms with Gasteiger partial charge in [0, 0.05) is 6.08 Å². The van der Waals surface area contributed by atoms with Crippen LogP contribution in [0.25, 0.3) is 0 Å². The maximum Gasteiger partial charge on any atom is 0.0911 e. The lowest BCUT2D eigenvalue weighted by molar-refractivity contribution is 0.408. The number of nitriles is 1. The van der Waals surface area contributed by atoms with Crippen molar-refractivity contribution in [3.8, 4) is 6.07 Å². The Morgan fingerprint density at radius 1 is 1.38 bits per heavy atom. The third-order valence-electron chi connectivity index (χ3n) is 4.30. The lowest BCUT2D eigenvalue weighted by Crippen LogP contribution is -2.06. The Bertz CT molecular complexity index is 279. The Labute approximate surface area is 80.4 Å². The van der Waals surface area contributed by atoms with Crippen LogP contribution in [0.3, 0.4) is 0 Å². The number of allylic oxidation sites excluding steroid dienone is 2. The number of rotatable bonds is 1. The molecular formula is C12H17N. The molecule has 2 aliphatic rings. The SMILES string of the molecule is CC(=CC#N)C1C[C@@H]2[C@H](C1)C2(C)C. The highest BCUT2D eigenvalue weighted by atomic mass is 14.7. The third kappa shape index (κ3) is 1.20. The van der Waals surface area contributed by atoms with Crippen molar-refractivity contribution in [3.63, 3.8) is 0 Å². The van der Waals surface area contributed by atoms with Crippen LogP contribution < -0.4 is 0 Å². The molecule has 0 aromatic rings. The Morgan fingerprint density at radius 2 is 1.92 bits per heavy atom. The van der Waals surface area contributed by atoms with E-state index >= 15 is 0 Å². The van der Waals surface area contributed by atoms with Gasteiger partial charge in [0.25, 0.3) is 0 Å². The van der Waals surface area contributed by atoms with Crippen LogP contribution in [-0.4, -0.2) is 0 Å². The zero-order valence-corrected chi connectivity index (χ0v) is 8.67. The first-order valence-corrected chi connectivity index (χ1v) is 5.13. The molecule has 0 saturated heterocycles. The summed E-state index contributed by atoms with van der Waals surface area (Å²) in [5, 5.41) is 8.55. The van der Waals surface area contributed by atoms with Crippen LogP contribution in [0, 0.1) is 34.5 Å². The minimum Gasteiger partial charge on any atom is -0.193 e. The van der Waals surface area contributed by atoms with E-state index in [1.54, 1.807) is 6.08 Å². The van der Waals surface area contributed by atoms with E-state index in [4.69, 9.17) is 5.26 Å². The van der Waals surface area contributed by atoms with Crippen LogP contribution in [0.5, 0.6) is 0 Å². The predicted molar refractivity (Wildman–Crippen MR) is 52.9 cm³/mol. The fourth-order valence-corrected chi connectivity index (χ4v) is 3.09. The molecule has 0 spiro atoms. The first kappa shape index (κ1) is 8.81. The van der Waals surface area contributed by atoms with Gasteiger partial charge in [0.05, 0.1) is 6.07 Å². The molecule has 0 aliphatic heterocycles. The van der Waals surface area contributed by atoms with Crippen molar-refractivity contribution in [2.24, 2.45) is 23.2 Å². The molecule has 1 nitrogen and oxygen atoms in total. The first-order valence-electron chi connectivity index (χ1n) is 5.13. The molecule has 0 amide bonds. The molecule has 2 fully saturated rings. The van der Waals surface area contributed by atoms with Crippen LogP contribution >= 0.6 is 0 Å². The summed E-state index contributed by atoms with van der Waals surface area (Å²) in [6, 6.07) is 2.13. The van der Waals surface area contributed by atoms with Crippen molar-refractivity contribution >= 4 is 0 Å². The number of nitrogens with zero attached hydrogens (tertiary/aromatic N) is 1. The van der Waals surface area contributed by atoms with Gasteiger partial charge >= 0.3 is 0 Å². The summed E-state index contributed by atoms with van der Waals surface area (Å²) in [4.78, 5) is 0. The van der Waals surface area contributed by atoms with Crippen LogP contribution in [0.1, 0.15) is 33.6 Å². The third-order valence-corrected chi connectivity index (χ3v) is 4.30. The lowest BCUT2D eigenvalue weighted by Gasteiger charge is -2.16. The molecule has 2 aliphatic carbocycles. The van der Waals surface area contributed by atoms with Gasteiger partial charge in [-0.15, -0.1) is 0 Å². The van der Waals surface area contributed by atoms with Gasteiger partial charge in [0.15, 0.2) is 0 Å². The number of fused-ring (bicyclic) bond motifs is 1. The fourth-order valence-electron chi connectivity index (χ4n) is 3.09. The maximum atomic E-state index is 8.55. The molecule has 0 bridgehead atoms. The van der Waals surface area contributed by atoms with Crippen LogP contribution in [-0.2, 0) is 0 Å². The Kier molecular flexibility index (Phi) is 1.77. The standard InChI is InChI=1S/C12H17N/c1-8(4-5-13)9-6-10-11(7-9)12(10,2)3/h4,9-11H,6-7H2,1-3H3/t9?,10-,11+. The Balaban J connectivity index is 1.99. The molecule has 2 rings (SSSR count). The van der Waals surface area contributed by atoms with Gasteiger partial charge in [0.2, 0.25) is 0 Å². The Morgan fingerprint density at radius 3 is 2.38 bits per heavy atom. The second kappa shape index (κ2) is 2.61. The van der Waals surface area contributed by atoms with Gasteiger partial charge in [-0.2, -0.15) is 5.26 Å². The lowest BCUT2D eigenvalue weighted by atomic mass is 9.88. The normalized spacial score (nSPS) is 41.1. The maximum absolute atomic E-state index is 8.55. The predicted octanol–water partition coefficient (Wildman–Crippen LogP) is 3.14. The fraction of sp³-hybridized carbons (Fsp3) is 0.750. The van der Waals surface area contributed by atoms with Gasteiger partial charge < -0.3 is 0 Å². The van der Waals surface area contributed by atoms with Crippen molar-refractivity contribution in [2.75, 3.05) is 0 Å². The average molecular weight is 175 g/mol. The average Bonchev–Trinajstić information content (AvgIpc) is 2.53. The number of hydrogen-bond acceptors (Lipinski definition) is 1. The van der Waals surface area contributed by atoms with Gasteiger partial charge in [-0.1, -0.05) is 19.4 Å². The molecule has 1 unspecified atom stereocenters. The highest BCUT2D eigenvalue weighted by molar-refractivity contribution is 5.21. The van der Waals surface area contributed by atoms with Gasteiger partial charge in [0.1, 0.15) is 0 Å². The molecule has 13 heavy (non-hydrogen) atoms. The summed E-state index contributed by atoms with van der Waals surface area (Å²) in [5.74, 6) is 2.60. The first-order chi connectivity index (χ1) is 6.07. The summed E-state index contributed by atoms with van der Waals surface area (Å²) in [5.41, 5.74) is 1.91. The van der Waals surface area contributed by atoms with Crippen molar-refractivity contribution < 1.29 is 0 Å². The van der Waals surface area contributed by atoms with E-state index in [-0.39, 0.29) is 0 Å². The van der Waals surface area contributed by atoms with E-state index < -0.39 is 0 Å². The summed E-state index contributed by atoms with van der Waals surface area (Å²) in [6.07, 6.45) is 4.37. The minimum absolute atomic E-state index is 0.615. The Hall–Kier alpha value is -0.770. The second-order valence-electron chi connectivity index (χ2n) is 5.22. The molecule has 0 heterocycles. The van der Waals surface area contributed by atoms with Crippen molar-refractivity contribution in [3.05, 3.63) is 11.6 Å². The van der Waals surface area contributed by atoms with Crippen molar-refractivity contribution in [1.29, 1.82) is 5.26 Å². The topological polar surface area (TPSA) is 23.8 Å². The van der Waals surface area contributed by atoms with E-state index in [9.17, 15) is 0 Å². The largest absolute Gasteiger partial charge is 0.193 e. The van der Waals surface area contributed by atoms with E-state index in [0.717, 1.165) is 11.8 Å². The zero-order valence-electron chi connectivity index (χ0n) is 8.67. The van der Waals surface area contributed by atoms with Crippen molar-refractivity contribution in [1.82, 2.24) is 0 Å². The van der Waals surface area contributed by atoms with E-state index in [1.807, 2.05) is 0 Å². The van der Waals surface area contributed by atoms with Crippen LogP contribution in [0.15, 0.2) is 11.6 Å². The molecular weight excluding hydrogens is 158 g/mol. The summed E-state index contributed by atoms with van der Waals surface area (Å²) in [7, 11) is 0. The molecule has 0 N–H and O–H groups in total. The van der Waals surface area contributed by atoms with Crippen LogP contribution in [0.2, 0.25) is 0 Å². The van der Waals surface area contributed by atoms with Gasteiger partial charge in [-0.05, 0) is 42.9 Å². The van der Waals surface area contributed by atoms with E-state index in [2.05, 4.69) is 26.8 Å². The smallest absolute Gasteiger partial charge is 0.0911 e. The second-order valence-corrected chi connectivity index (χ2v) is 5.22. The van der Waals surface area contributed by atoms with E-state index in [1.165, 1.54) is 18.4 Å². The molecule has 0 radical (unpaired) electrons. The molecule has 0 aromatic carbocycles. The highest BCUT2D eigenvalue weighted by Crippen LogP contribution is 2.68. The number of hydrogen-bond donors (Lipinski definition) is 0.